The van der Waals surface area contributed by atoms with Crippen LogP contribution in [0.2, 0.25) is 25.1 Å². The van der Waals surface area contributed by atoms with Gasteiger partial charge in [-0.25, -0.2) is 0 Å². The summed E-state index contributed by atoms with van der Waals surface area (Å²) in [4.78, 5) is 0. The summed E-state index contributed by atoms with van der Waals surface area (Å²) < 4.78 is 16.8. The van der Waals surface area contributed by atoms with Crippen molar-refractivity contribution in [1.29, 1.82) is 0 Å². The van der Waals surface area contributed by atoms with Crippen molar-refractivity contribution in [3.05, 3.63) is 85.8 Å². The predicted octanol–water partition coefficient (Wildman–Crippen LogP) is 7.13. The monoisotopic (exact) mass is 451 g/mol. The van der Waals surface area contributed by atoms with Crippen LogP contribution < -0.4 is 15.9 Å². The van der Waals surface area contributed by atoms with Crippen molar-refractivity contribution in [1.82, 2.24) is 0 Å². The Balaban J connectivity index is 2.44. The fourth-order valence-electron chi connectivity index (χ4n) is 2.54. The summed E-state index contributed by atoms with van der Waals surface area (Å²) in [5.74, 6) is 0. The number of hydrogen-bond acceptors (Lipinski definition) is 0. The molecule has 0 unspecified atom stereocenters. The molecule has 0 N–H and O–H groups in total. The Morgan fingerprint density at radius 3 is 1.20 bits per heavy atom. The molecule has 0 nitrogen and oxygen atoms in total. The third kappa shape index (κ3) is 3.28. The molecule has 3 aromatic carbocycles. The van der Waals surface area contributed by atoms with Crippen LogP contribution in [0.3, 0.4) is 0 Å². The van der Waals surface area contributed by atoms with Gasteiger partial charge < -0.3 is 0 Å². The van der Waals surface area contributed by atoms with Crippen LogP contribution in [0.5, 0.6) is 0 Å². The van der Waals surface area contributed by atoms with Crippen LogP contribution in [-0.2, 0) is 0 Å². The van der Waals surface area contributed by atoms with Crippen molar-refractivity contribution in [2.24, 2.45) is 0 Å². The smallest absolute Gasteiger partial charge is 0.0810 e. The minimum Gasteiger partial charge on any atom is -0.0810 e. The summed E-state index contributed by atoms with van der Waals surface area (Å²) in [6.07, 6.45) is 0. The molecule has 0 bridgehead atoms. The van der Waals surface area contributed by atoms with Gasteiger partial charge in [-0.15, -0.1) is 0 Å². The van der Waals surface area contributed by atoms with Crippen LogP contribution in [0.4, 0.5) is 4.20 Å². The Hall–Kier alpha value is -0.530. The van der Waals surface area contributed by atoms with E-state index in [1.807, 2.05) is 12.1 Å². The summed E-state index contributed by atoms with van der Waals surface area (Å²) in [6, 6.07) is 17.4. The Labute approximate surface area is 170 Å². The van der Waals surface area contributed by atoms with Gasteiger partial charge in [0.15, 0.2) is 5.30 Å². The molecule has 0 atom stereocenters. The maximum atomic E-state index is 16.8. The number of benzene rings is 3. The van der Waals surface area contributed by atoms with Gasteiger partial charge in [0.2, 0.25) is 0 Å². The van der Waals surface area contributed by atoms with Gasteiger partial charge >= 0.3 is 7.57 Å². The molecule has 3 aromatic rings. The molecule has 0 aliphatic carbocycles. The van der Waals surface area contributed by atoms with E-state index in [1.165, 1.54) is 0 Å². The predicted molar refractivity (Wildman–Crippen MR) is 111 cm³/mol. The summed E-state index contributed by atoms with van der Waals surface area (Å²) >= 11 is 31.2. The Morgan fingerprint density at radius 2 is 0.840 bits per heavy atom. The third-order valence-corrected chi connectivity index (χ3v) is 9.34. The lowest BCUT2D eigenvalue weighted by atomic mass is 10.3. The summed E-state index contributed by atoms with van der Waals surface area (Å²) in [6.45, 7) is 0. The van der Waals surface area contributed by atoms with Crippen LogP contribution in [0.15, 0.2) is 60.7 Å². The first kappa shape index (κ1) is 19.2. The Kier molecular flexibility index (Phi) is 5.85. The van der Waals surface area contributed by atoms with E-state index >= 15 is 4.20 Å². The highest BCUT2D eigenvalue weighted by Crippen LogP contribution is 2.61. The average Bonchev–Trinajstić information content (AvgIpc) is 2.66. The highest BCUT2D eigenvalue weighted by molar-refractivity contribution is 7.91. The van der Waals surface area contributed by atoms with Gasteiger partial charge in [0.25, 0.3) is 0 Å². The van der Waals surface area contributed by atoms with Crippen molar-refractivity contribution in [2.45, 2.75) is 0 Å². The third-order valence-electron chi connectivity index (χ3n) is 3.72. The van der Waals surface area contributed by atoms with E-state index in [0.717, 1.165) is 0 Å². The molecule has 0 heterocycles. The molecular formula is C18H10Cl5FP+. The van der Waals surface area contributed by atoms with Crippen LogP contribution >= 0.6 is 65.6 Å². The molecule has 3 rings (SSSR count). The molecule has 0 saturated heterocycles. The van der Waals surface area contributed by atoms with Crippen LogP contribution in [0, 0.1) is 0 Å². The number of halogens is 6. The first-order valence-corrected chi connectivity index (χ1v) is 10.7. The Bertz CT molecular complexity index is 847. The fraction of sp³-hybridized carbons (Fsp3) is 0. The molecule has 128 valence electrons. The molecule has 25 heavy (non-hydrogen) atoms. The molecule has 0 aliphatic rings. The van der Waals surface area contributed by atoms with E-state index in [-0.39, 0.29) is 30.4 Å². The first-order chi connectivity index (χ1) is 11.9. The van der Waals surface area contributed by atoms with E-state index < -0.39 is 7.57 Å². The topological polar surface area (TPSA) is 0 Å². The highest BCUT2D eigenvalue weighted by Gasteiger charge is 2.52. The van der Waals surface area contributed by atoms with Gasteiger partial charge in [0.1, 0.15) is 20.7 Å². The quantitative estimate of drug-likeness (QED) is 0.225. The van der Waals surface area contributed by atoms with Crippen molar-refractivity contribution in [3.8, 4) is 0 Å². The molecule has 0 saturated carbocycles. The SMILES string of the molecule is F[P+](c1ccccc1)(c1ccccc1)c1c(Cl)c(Cl)c(Cl)c(Cl)c1Cl. The average molecular weight is 454 g/mol. The van der Waals surface area contributed by atoms with Gasteiger partial charge in [-0.1, -0.05) is 94.4 Å². The van der Waals surface area contributed by atoms with Gasteiger partial charge in [-0.3, -0.25) is 0 Å². The minimum absolute atomic E-state index is 0.00903. The number of hydrogen-bond donors (Lipinski definition) is 0. The van der Waals surface area contributed by atoms with Gasteiger partial charge in [0, 0.05) is 0 Å². The largest absolute Gasteiger partial charge is 0.302 e. The van der Waals surface area contributed by atoms with Crippen molar-refractivity contribution in [2.75, 3.05) is 0 Å². The molecule has 0 amide bonds. The molecule has 0 aromatic heterocycles. The van der Waals surface area contributed by atoms with E-state index in [9.17, 15) is 0 Å². The highest BCUT2D eigenvalue weighted by atomic mass is 35.5. The lowest BCUT2D eigenvalue weighted by Crippen LogP contribution is -2.29. The second kappa shape index (κ2) is 7.61. The fourth-order valence-corrected chi connectivity index (χ4v) is 7.25. The zero-order chi connectivity index (χ0) is 18.2. The van der Waals surface area contributed by atoms with Gasteiger partial charge in [-0.05, 0) is 28.5 Å². The minimum atomic E-state index is -3.67. The lowest BCUT2D eigenvalue weighted by Gasteiger charge is -2.20. The zero-order valence-corrected chi connectivity index (χ0v) is 17.2. The maximum Gasteiger partial charge on any atom is 0.302 e. The first-order valence-electron chi connectivity index (χ1n) is 7.11. The summed E-state index contributed by atoms with van der Waals surface area (Å²) in [5.41, 5.74) is 0. The standard InChI is InChI=1S/C18H10Cl5FP/c19-13-14(20)16(22)18(17(23)15(13)21)25(24,11-7-3-1-4-8-11)12-9-5-2-6-10-12/h1-10H/q+1. The molecule has 0 radical (unpaired) electrons. The molecule has 7 heteroatoms. The van der Waals surface area contributed by atoms with E-state index in [1.54, 1.807) is 48.5 Å². The second-order valence-electron chi connectivity index (χ2n) is 5.18. The number of rotatable bonds is 3. The van der Waals surface area contributed by atoms with Crippen molar-refractivity contribution >= 4 is 81.5 Å². The molecule has 0 aliphatic heterocycles. The van der Waals surface area contributed by atoms with Crippen LogP contribution in [-0.4, -0.2) is 0 Å². The second-order valence-corrected chi connectivity index (χ2v) is 9.73. The zero-order valence-electron chi connectivity index (χ0n) is 12.5. The lowest BCUT2D eigenvalue weighted by molar-refractivity contribution is 0.901. The van der Waals surface area contributed by atoms with Gasteiger partial charge in [-0.2, -0.15) is 0 Å². The van der Waals surface area contributed by atoms with E-state index in [4.69, 9.17) is 58.0 Å². The van der Waals surface area contributed by atoms with E-state index in [2.05, 4.69) is 0 Å². The van der Waals surface area contributed by atoms with Gasteiger partial charge in [0.05, 0.1) is 15.1 Å². The van der Waals surface area contributed by atoms with E-state index in [0.29, 0.717) is 10.6 Å². The van der Waals surface area contributed by atoms with Crippen molar-refractivity contribution in [3.63, 3.8) is 0 Å². The van der Waals surface area contributed by atoms with Crippen LogP contribution in [0.1, 0.15) is 0 Å². The maximum absolute atomic E-state index is 16.8. The molecule has 0 fully saturated rings. The Morgan fingerprint density at radius 1 is 0.520 bits per heavy atom. The molecule has 0 spiro atoms. The summed E-state index contributed by atoms with van der Waals surface area (Å²) in [5, 5.41) is 0.929. The molecular weight excluding hydrogens is 443 g/mol. The van der Waals surface area contributed by atoms with Crippen LogP contribution in [0.25, 0.3) is 0 Å². The summed E-state index contributed by atoms with van der Waals surface area (Å²) in [7, 11) is -3.67. The normalized spacial score (nSPS) is 11.6. The van der Waals surface area contributed by atoms with Crippen molar-refractivity contribution < 1.29 is 4.20 Å².